The van der Waals surface area contributed by atoms with Gasteiger partial charge in [0.15, 0.2) is 0 Å². The lowest BCUT2D eigenvalue weighted by Gasteiger charge is -2.45. The highest BCUT2D eigenvalue weighted by molar-refractivity contribution is 6.96. The Morgan fingerprint density at radius 3 is 1.60 bits per heavy atom. The molecule has 1 heteroatoms. The summed E-state index contributed by atoms with van der Waals surface area (Å²) in [6.45, 7) is 24.2. The second kappa shape index (κ2) is 6.91. The molecule has 0 spiro atoms. The van der Waals surface area contributed by atoms with Crippen LogP contribution in [-0.2, 0) is 5.41 Å². The monoisotopic (exact) mass is 354 g/mol. The number of rotatable bonds is 4. The van der Waals surface area contributed by atoms with Crippen molar-refractivity contribution in [2.24, 2.45) is 0 Å². The van der Waals surface area contributed by atoms with Gasteiger partial charge >= 0.3 is 0 Å². The van der Waals surface area contributed by atoms with Crippen molar-refractivity contribution in [3.8, 4) is 0 Å². The van der Waals surface area contributed by atoms with Crippen LogP contribution < -0.4 is 5.19 Å². The molecule has 0 saturated carbocycles. The van der Waals surface area contributed by atoms with E-state index in [2.05, 4.69) is 99.6 Å². The fourth-order valence-corrected chi connectivity index (χ4v) is 12.5. The van der Waals surface area contributed by atoms with E-state index in [-0.39, 0.29) is 5.41 Å². The molecular formula is C24H38Si. The largest absolute Gasteiger partial charge is 0.0950 e. The first-order valence-corrected chi connectivity index (χ1v) is 12.2. The minimum atomic E-state index is -1.70. The number of hydrogen-bond acceptors (Lipinski definition) is 0. The predicted octanol–water partition coefficient (Wildman–Crippen LogP) is 7.33. The number of hydrogen-bond donors (Lipinski definition) is 0. The Kier molecular flexibility index (Phi) is 5.59. The Bertz CT molecular complexity index is 723. The Hall–Kier alpha value is -1.08. The molecule has 0 heterocycles. The van der Waals surface area contributed by atoms with Crippen molar-refractivity contribution >= 4 is 24.0 Å². The summed E-state index contributed by atoms with van der Waals surface area (Å²) in [5.74, 6) is 0. The first-order chi connectivity index (χ1) is 11.5. The van der Waals surface area contributed by atoms with Crippen molar-refractivity contribution in [1.82, 2.24) is 0 Å². The lowest BCUT2D eigenvalue weighted by atomic mass is 9.82. The molecule has 2 aromatic carbocycles. The smallest absolute Gasteiger partial charge is 0.0648 e. The van der Waals surface area contributed by atoms with Crippen molar-refractivity contribution in [1.29, 1.82) is 0 Å². The Labute approximate surface area is 157 Å². The summed E-state index contributed by atoms with van der Waals surface area (Å²) in [4.78, 5) is 0. The highest BCUT2D eigenvalue weighted by Gasteiger charge is 2.45. The van der Waals surface area contributed by atoms with E-state index in [1.807, 2.05) is 0 Å². The second-order valence-corrected chi connectivity index (χ2v) is 15.7. The van der Waals surface area contributed by atoms with Gasteiger partial charge in [0, 0.05) is 0 Å². The van der Waals surface area contributed by atoms with Crippen molar-refractivity contribution in [2.75, 3.05) is 0 Å². The van der Waals surface area contributed by atoms with E-state index >= 15 is 0 Å². The maximum absolute atomic E-state index is 2.61. The molecule has 0 radical (unpaired) electrons. The van der Waals surface area contributed by atoms with Gasteiger partial charge in [0.05, 0.1) is 8.07 Å². The van der Waals surface area contributed by atoms with Crippen molar-refractivity contribution < 1.29 is 0 Å². The maximum Gasteiger partial charge on any atom is 0.0950 e. The van der Waals surface area contributed by atoms with E-state index < -0.39 is 8.07 Å². The Morgan fingerprint density at radius 1 is 0.760 bits per heavy atom. The molecule has 0 bridgehead atoms. The molecule has 0 aliphatic rings. The molecule has 0 amide bonds. The molecule has 25 heavy (non-hydrogen) atoms. The molecule has 0 aliphatic heterocycles. The van der Waals surface area contributed by atoms with Gasteiger partial charge in [-0.25, -0.2) is 0 Å². The summed E-state index contributed by atoms with van der Waals surface area (Å²) in [5.41, 5.74) is 5.35. The fraction of sp³-hybridized carbons (Fsp3) is 0.583. The van der Waals surface area contributed by atoms with Crippen LogP contribution in [0.15, 0.2) is 30.3 Å². The van der Waals surface area contributed by atoms with Gasteiger partial charge in [-0.15, -0.1) is 0 Å². The van der Waals surface area contributed by atoms with E-state index in [0.29, 0.717) is 0 Å². The lowest BCUT2D eigenvalue weighted by molar-refractivity contribution is 0.587. The molecule has 0 aromatic heterocycles. The minimum Gasteiger partial charge on any atom is -0.0648 e. The zero-order chi connectivity index (χ0) is 19.2. The lowest BCUT2D eigenvalue weighted by Crippen LogP contribution is -2.56. The van der Waals surface area contributed by atoms with Gasteiger partial charge in [0.25, 0.3) is 0 Å². The normalized spacial score (nSPS) is 13.5. The van der Waals surface area contributed by atoms with Crippen LogP contribution >= 0.6 is 0 Å². The highest BCUT2D eigenvalue weighted by atomic mass is 28.3. The van der Waals surface area contributed by atoms with Crippen LogP contribution in [0.25, 0.3) is 10.8 Å². The molecule has 2 rings (SSSR count). The van der Waals surface area contributed by atoms with Gasteiger partial charge in [-0.3, -0.25) is 0 Å². The minimum absolute atomic E-state index is 0.175. The van der Waals surface area contributed by atoms with Gasteiger partial charge in [-0.2, -0.15) is 0 Å². The third-order valence-electron chi connectivity index (χ3n) is 6.45. The molecule has 0 saturated heterocycles. The standard InChI is InChI=1S/C24H38Si/c1-16(2)25(17(3)4,18(5)6)23-15-22(24(8,9)10)19(7)20-13-11-12-14-21(20)23/h11-18H,1-10H3. The summed E-state index contributed by atoms with van der Waals surface area (Å²) in [5, 5.41) is 4.66. The summed E-state index contributed by atoms with van der Waals surface area (Å²) in [6.07, 6.45) is 0. The highest BCUT2D eigenvalue weighted by Crippen LogP contribution is 2.43. The summed E-state index contributed by atoms with van der Waals surface area (Å²) >= 11 is 0. The van der Waals surface area contributed by atoms with Crippen LogP contribution in [0.3, 0.4) is 0 Å². The number of aryl methyl sites for hydroxylation is 1. The Balaban J connectivity index is 3.04. The third-order valence-corrected chi connectivity index (χ3v) is 13.5. The summed E-state index contributed by atoms with van der Waals surface area (Å²) < 4.78 is 0. The van der Waals surface area contributed by atoms with E-state index in [1.165, 1.54) is 21.9 Å². The van der Waals surface area contributed by atoms with Crippen LogP contribution in [0.1, 0.15) is 73.4 Å². The fourth-order valence-electron chi connectivity index (χ4n) is 5.59. The molecular weight excluding hydrogens is 316 g/mol. The van der Waals surface area contributed by atoms with E-state index in [1.54, 1.807) is 5.19 Å². The van der Waals surface area contributed by atoms with Gasteiger partial charge < -0.3 is 0 Å². The average molecular weight is 355 g/mol. The quantitative estimate of drug-likeness (QED) is 0.504. The zero-order valence-electron chi connectivity index (χ0n) is 18.1. The van der Waals surface area contributed by atoms with Gasteiger partial charge in [0.2, 0.25) is 0 Å². The zero-order valence-corrected chi connectivity index (χ0v) is 19.1. The van der Waals surface area contributed by atoms with Gasteiger partial charge in [-0.05, 0) is 50.9 Å². The molecule has 0 fully saturated rings. The molecule has 0 atom stereocenters. The van der Waals surface area contributed by atoms with E-state index in [0.717, 1.165) is 16.6 Å². The van der Waals surface area contributed by atoms with Crippen molar-refractivity contribution in [2.45, 2.75) is 91.3 Å². The molecule has 0 unspecified atom stereocenters. The predicted molar refractivity (Wildman–Crippen MR) is 118 cm³/mol. The second-order valence-electron chi connectivity index (χ2n) is 9.79. The Morgan fingerprint density at radius 2 is 1.20 bits per heavy atom. The van der Waals surface area contributed by atoms with Crippen molar-refractivity contribution in [3.05, 3.63) is 41.5 Å². The molecule has 2 aromatic rings. The van der Waals surface area contributed by atoms with Crippen LogP contribution in [0.2, 0.25) is 16.6 Å². The van der Waals surface area contributed by atoms with Crippen LogP contribution in [0.4, 0.5) is 0 Å². The van der Waals surface area contributed by atoms with Crippen molar-refractivity contribution in [3.63, 3.8) is 0 Å². The van der Waals surface area contributed by atoms with Crippen LogP contribution in [0, 0.1) is 6.92 Å². The molecule has 0 N–H and O–H groups in total. The average Bonchev–Trinajstić information content (AvgIpc) is 2.47. The number of benzene rings is 2. The van der Waals surface area contributed by atoms with Crippen LogP contribution in [0.5, 0.6) is 0 Å². The van der Waals surface area contributed by atoms with E-state index in [4.69, 9.17) is 0 Å². The molecule has 0 nitrogen and oxygen atoms in total. The SMILES string of the molecule is Cc1c(C(C)(C)C)cc([Si](C(C)C)(C(C)C)C(C)C)c2ccccc12. The van der Waals surface area contributed by atoms with Gasteiger partial charge in [-0.1, -0.05) is 97.8 Å². The molecule has 0 aliphatic carbocycles. The number of fused-ring (bicyclic) bond motifs is 1. The topological polar surface area (TPSA) is 0 Å². The third kappa shape index (κ3) is 3.21. The van der Waals surface area contributed by atoms with Gasteiger partial charge in [0.1, 0.15) is 0 Å². The summed E-state index contributed by atoms with van der Waals surface area (Å²) in [6, 6.07) is 11.8. The summed E-state index contributed by atoms with van der Waals surface area (Å²) in [7, 11) is -1.70. The van der Waals surface area contributed by atoms with E-state index in [9.17, 15) is 0 Å². The maximum atomic E-state index is 2.61. The first-order valence-electron chi connectivity index (χ1n) is 9.98. The molecule has 138 valence electrons. The first kappa shape index (κ1) is 20.2. The van der Waals surface area contributed by atoms with Crippen LogP contribution in [-0.4, -0.2) is 8.07 Å².